The zero-order chi connectivity index (χ0) is 25.6. The average molecular weight is 501 g/mol. The number of benzene rings is 1. The molecule has 37 heavy (non-hydrogen) atoms. The van der Waals surface area contributed by atoms with Gasteiger partial charge in [-0.25, -0.2) is 4.68 Å². The molecule has 0 spiro atoms. The molecule has 4 aromatic rings. The Bertz CT molecular complexity index is 1380. The lowest BCUT2D eigenvalue weighted by Crippen LogP contribution is -2.42. The third-order valence-corrected chi connectivity index (χ3v) is 6.49. The van der Waals surface area contributed by atoms with Gasteiger partial charge < -0.3 is 19.4 Å². The van der Waals surface area contributed by atoms with E-state index in [2.05, 4.69) is 25.5 Å². The van der Waals surface area contributed by atoms with Crippen molar-refractivity contribution in [2.24, 2.45) is 5.92 Å². The van der Waals surface area contributed by atoms with Crippen molar-refractivity contribution in [2.45, 2.75) is 19.4 Å². The Hall–Kier alpha value is -4.47. The van der Waals surface area contributed by atoms with E-state index < -0.39 is 0 Å². The van der Waals surface area contributed by atoms with Crippen LogP contribution in [0.1, 0.15) is 12.8 Å². The van der Waals surface area contributed by atoms with E-state index in [-0.39, 0.29) is 17.4 Å². The Morgan fingerprint density at radius 1 is 1.03 bits per heavy atom. The number of nitrogens with zero attached hydrogens (tertiary/aromatic N) is 5. The van der Waals surface area contributed by atoms with Crippen LogP contribution in [-0.4, -0.2) is 52.6 Å². The third kappa shape index (κ3) is 5.69. The molecule has 10 heteroatoms. The lowest BCUT2D eigenvalue weighted by Gasteiger charge is -2.31. The first-order valence-corrected chi connectivity index (χ1v) is 12.2. The summed E-state index contributed by atoms with van der Waals surface area (Å²) in [6.45, 7) is 2.07. The van der Waals surface area contributed by atoms with Crippen molar-refractivity contribution in [1.82, 2.24) is 25.3 Å². The number of amides is 1. The van der Waals surface area contributed by atoms with Crippen LogP contribution in [0.25, 0.3) is 22.7 Å². The fourth-order valence-electron chi connectivity index (χ4n) is 4.37. The number of anilines is 1. The molecule has 4 heterocycles. The molecule has 0 unspecified atom stereocenters. The Morgan fingerprint density at radius 3 is 2.49 bits per heavy atom. The van der Waals surface area contributed by atoms with E-state index in [0.29, 0.717) is 30.2 Å². The lowest BCUT2D eigenvalue weighted by atomic mass is 9.96. The van der Waals surface area contributed by atoms with Gasteiger partial charge in [-0.2, -0.15) is 5.10 Å². The standard InChI is InChI=1S/C27H28N6O4/c1-36-21-6-4-19(5-7-21)22-9-11-26(34)33(31-22)17-14-28-27(35)20-12-15-32(16-13-20)25-10-8-23(29-30-25)24-3-2-18-37-24/h2-11,18,20H,12-17H2,1H3,(H,28,35). The van der Waals surface area contributed by atoms with Gasteiger partial charge in [-0.05, 0) is 67.4 Å². The number of rotatable bonds is 8. The number of carbonyl (C=O) groups excluding carboxylic acids is 1. The molecule has 1 aliphatic rings. The Balaban J connectivity index is 1.11. The molecule has 190 valence electrons. The van der Waals surface area contributed by atoms with E-state index in [9.17, 15) is 9.59 Å². The molecular weight excluding hydrogens is 472 g/mol. The van der Waals surface area contributed by atoms with Crippen molar-refractivity contribution in [2.75, 3.05) is 31.6 Å². The first-order chi connectivity index (χ1) is 18.1. The van der Waals surface area contributed by atoms with Gasteiger partial charge in [0.25, 0.3) is 5.56 Å². The summed E-state index contributed by atoms with van der Waals surface area (Å²) in [5, 5.41) is 16.0. The van der Waals surface area contributed by atoms with E-state index in [0.717, 1.165) is 43.1 Å². The van der Waals surface area contributed by atoms with Gasteiger partial charge in [0.2, 0.25) is 5.91 Å². The zero-order valence-electron chi connectivity index (χ0n) is 20.5. The third-order valence-electron chi connectivity index (χ3n) is 6.49. The van der Waals surface area contributed by atoms with Crippen LogP contribution in [0.5, 0.6) is 5.75 Å². The van der Waals surface area contributed by atoms with Gasteiger partial charge in [0, 0.05) is 37.2 Å². The second-order valence-corrected chi connectivity index (χ2v) is 8.81. The smallest absolute Gasteiger partial charge is 0.266 e. The molecule has 1 amide bonds. The number of carbonyl (C=O) groups is 1. The topological polar surface area (TPSA) is 115 Å². The molecule has 0 saturated carbocycles. The number of hydrogen-bond acceptors (Lipinski definition) is 8. The van der Waals surface area contributed by atoms with Gasteiger partial charge in [0.15, 0.2) is 11.6 Å². The number of hydrogen-bond donors (Lipinski definition) is 1. The zero-order valence-corrected chi connectivity index (χ0v) is 20.5. The number of piperidine rings is 1. The molecule has 0 bridgehead atoms. The second-order valence-electron chi connectivity index (χ2n) is 8.81. The van der Waals surface area contributed by atoms with Crippen LogP contribution in [0.4, 0.5) is 5.82 Å². The van der Waals surface area contributed by atoms with Crippen LogP contribution in [0.15, 0.2) is 76.1 Å². The van der Waals surface area contributed by atoms with Crippen molar-refractivity contribution < 1.29 is 13.9 Å². The van der Waals surface area contributed by atoms with Crippen molar-refractivity contribution in [1.29, 1.82) is 0 Å². The number of furan rings is 1. The summed E-state index contributed by atoms with van der Waals surface area (Å²) in [6, 6.07) is 18.1. The molecule has 0 radical (unpaired) electrons. The quantitative estimate of drug-likeness (QED) is 0.393. The molecule has 1 N–H and O–H groups in total. The first kappa shape index (κ1) is 24.2. The van der Waals surface area contributed by atoms with Crippen LogP contribution in [0.3, 0.4) is 0 Å². The molecular formula is C27H28N6O4. The van der Waals surface area contributed by atoms with Crippen LogP contribution >= 0.6 is 0 Å². The molecule has 0 atom stereocenters. The average Bonchev–Trinajstić information content (AvgIpc) is 3.49. The maximum atomic E-state index is 12.8. The SMILES string of the molecule is COc1ccc(-c2ccc(=O)n(CCNC(=O)C3CCN(c4ccc(-c5ccco5)nn4)CC3)n2)cc1. The number of ether oxygens (including phenoxy) is 1. The summed E-state index contributed by atoms with van der Waals surface area (Å²) < 4.78 is 11.9. The lowest BCUT2D eigenvalue weighted by molar-refractivity contribution is -0.125. The highest BCUT2D eigenvalue weighted by Crippen LogP contribution is 2.24. The molecule has 1 aliphatic heterocycles. The number of nitrogens with one attached hydrogen (secondary N) is 1. The Kier molecular flexibility index (Phi) is 7.25. The van der Waals surface area contributed by atoms with Gasteiger partial charge in [-0.1, -0.05) is 0 Å². The highest BCUT2D eigenvalue weighted by atomic mass is 16.5. The summed E-state index contributed by atoms with van der Waals surface area (Å²) in [7, 11) is 1.61. The fourth-order valence-corrected chi connectivity index (χ4v) is 4.37. The summed E-state index contributed by atoms with van der Waals surface area (Å²) in [5.74, 6) is 2.14. The van der Waals surface area contributed by atoms with Crippen molar-refractivity contribution >= 4 is 11.7 Å². The minimum absolute atomic E-state index is 0.00161. The van der Waals surface area contributed by atoms with E-state index in [1.807, 2.05) is 48.5 Å². The van der Waals surface area contributed by atoms with Crippen molar-refractivity contribution in [3.05, 3.63) is 77.3 Å². The van der Waals surface area contributed by atoms with E-state index in [4.69, 9.17) is 9.15 Å². The molecule has 10 nitrogen and oxygen atoms in total. The predicted molar refractivity (Wildman–Crippen MR) is 138 cm³/mol. The van der Waals surface area contributed by atoms with Crippen LogP contribution in [0.2, 0.25) is 0 Å². The fraction of sp³-hybridized carbons (Fsp3) is 0.296. The first-order valence-electron chi connectivity index (χ1n) is 12.2. The van der Waals surface area contributed by atoms with Crippen molar-refractivity contribution in [3.63, 3.8) is 0 Å². The summed E-state index contributed by atoms with van der Waals surface area (Å²) in [6.07, 6.45) is 3.05. The number of aromatic nitrogens is 4. The molecule has 5 rings (SSSR count). The Labute approximate surface area is 213 Å². The van der Waals surface area contributed by atoms with Crippen LogP contribution in [0, 0.1) is 5.92 Å². The summed E-state index contributed by atoms with van der Waals surface area (Å²) in [4.78, 5) is 27.2. The van der Waals surface area contributed by atoms with Gasteiger partial charge in [0.05, 0.1) is 25.6 Å². The normalized spacial score (nSPS) is 13.9. The highest BCUT2D eigenvalue weighted by Gasteiger charge is 2.25. The minimum atomic E-state index is -0.209. The van der Waals surface area contributed by atoms with Crippen LogP contribution in [-0.2, 0) is 11.3 Å². The predicted octanol–water partition coefficient (Wildman–Crippen LogP) is 3.00. The largest absolute Gasteiger partial charge is 0.497 e. The highest BCUT2D eigenvalue weighted by molar-refractivity contribution is 5.79. The van der Waals surface area contributed by atoms with Gasteiger partial charge in [-0.15, -0.1) is 10.2 Å². The second kappa shape index (κ2) is 11.1. The van der Waals surface area contributed by atoms with Gasteiger partial charge >= 0.3 is 0 Å². The van der Waals surface area contributed by atoms with E-state index in [1.165, 1.54) is 10.7 Å². The van der Waals surface area contributed by atoms with Crippen LogP contribution < -0.4 is 20.5 Å². The van der Waals surface area contributed by atoms with Gasteiger partial charge in [-0.3, -0.25) is 9.59 Å². The van der Waals surface area contributed by atoms with Gasteiger partial charge in [0.1, 0.15) is 11.4 Å². The number of methoxy groups -OCH3 is 1. The molecule has 1 fully saturated rings. The summed E-state index contributed by atoms with van der Waals surface area (Å²) >= 11 is 0. The monoisotopic (exact) mass is 500 g/mol. The molecule has 1 saturated heterocycles. The molecule has 0 aliphatic carbocycles. The van der Waals surface area contributed by atoms with Crippen molar-refractivity contribution in [3.8, 4) is 28.5 Å². The molecule has 3 aromatic heterocycles. The van der Waals surface area contributed by atoms with E-state index >= 15 is 0 Å². The van der Waals surface area contributed by atoms with E-state index in [1.54, 1.807) is 19.4 Å². The summed E-state index contributed by atoms with van der Waals surface area (Å²) in [5.41, 5.74) is 2.04. The maximum Gasteiger partial charge on any atom is 0.266 e. The maximum absolute atomic E-state index is 12.8. The Morgan fingerprint density at radius 2 is 1.81 bits per heavy atom. The minimum Gasteiger partial charge on any atom is -0.497 e. The molecule has 1 aromatic carbocycles.